The number of sulfonamides is 1. The lowest BCUT2D eigenvalue weighted by Gasteiger charge is -2.22. The second-order valence-electron chi connectivity index (χ2n) is 7.55. The van der Waals surface area contributed by atoms with Crippen LogP contribution < -0.4 is 4.72 Å². The number of amidine groups is 1. The molecule has 1 aliphatic rings. The first kappa shape index (κ1) is 21.7. The number of fused-ring (bicyclic) bond motifs is 1. The monoisotopic (exact) mass is 448 g/mol. The molecule has 1 aromatic heterocycles. The Hall–Kier alpha value is -3.52. The van der Waals surface area contributed by atoms with E-state index in [9.17, 15) is 13.2 Å². The summed E-state index contributed by atoms with van der Waals surface area (Å²) < 4.78 is 27.0. The highest BCUT2D eigenvalue weighted by Crippen LogP contribution is 2.22. The molecule has 1 aliphatic heterocycles. The molecule has 3 aromatic rings. The minimum Gasteiger partial charge on any atom is -0.332 e. The maximum Gasteiger partial charge on any atom is 0.263 e. The highest BCUT2D eigenvalue weighted by atomic mass is 32.2. The molecule has 164 valence electrons. The van der Waals surface area contributed by atoms with Crippen LogP contribution in [0.25, 0.3) is 0 Å². The normalized spacial score (nSPS) is 15.2. The Morgan fingerprint density at radius 3 is 2.41 bits per heavy atom. The van der Waals surface area contributed by atoms with Crippen molar-refractivity contribution in [1.82, 2.24) is 14.6 Å². The summed E-state index contributed by atoms with van der Waals surface area (Å²) in [7, 11) is -3.64. The Kier molecular flexibility index (Phi) is 6.32. The first-order chi connectivity index (χ1) is 15.5. The molecule has 0 atom stereocenters. The van der Waals surface area contributed by atoms with Gasteiger partial charge < -0.3 is 4.90 Å². The molecule has 0 saturated heterocycles. The first-order valence-electron chi connectivity index (χ1n) is 10.4. The maximum atomic E-state index is 13.1. The van der Waals surface area contributed by atoms with Crippen molar-refractivity contribution in [3.05, 3.63) is 95.3 Å². The van der Waals surface area contributed by atoms with Crippen molar-refractivity contribution in [2.45, 2.75) is 31.3 Å². The molecule has 0 saturated carbocycles. The van der Waals surface area contributed by atoms with Crippen LogP contribution in [0.2, 0.25) is 0 Å². The fraction of sp³-hybridized carbons (Fsp3) is 0.208. The molecule has 0 fully saturated rings. The van der Waals surface area contributed by atoms with Gasteiger partial charge in [-0.1, -0.05) is 49.4 Å². The second-order valence-corrected chi connectivity index (χ2v) is 9.20. The fourth-order valence-corrected chi connectivity index (χ4v) is 4.79. The summed E-state index contributed by atoms with van der Waals surface area (Å²) in [5, 5.41) is 0. The van der Waals surface area contributed by atoms with Crippen molar-refractivity contribution in [3.63, 3.8) is 0 Å². The molecule has 8 heteroatoms. The summed E-state index contributed by atoms with van der Waals surface area (Å²) in [6.45, 7) is 2.74. The van der Waals surface area contributed by atoms with Gasteiger partial charge in [-0.2, -0.15) is 0 Å². The van der Waals surface area contributed by atoms with Crippen LogP contribution in [0.5, 0.6) is 0 Å². The van der Waals surface area contributed by atoms with Crippen LogP contribution in [0.3, 0.4) is 0 Å². The predicted molar refractivity (Wildman–Crippen MR) is 122 cm³/mol. The van der Waals surface area contributed by atoms with Crippen molar-refractivity contribution < 1.29 is 13.2 Å². The van der Waals surface area contributed by atoms with E-state index in [0.717, 1.165) is 17.5 Å². The summed E-state index contributed by atoms with van der Waals surface area (Å²) in [6.07, 6.45) is 4.37. The first-order valence-corrected chi connectivity index (χ1v) is 11.9. The average molecular weight is 449 g/mol. The number of hydrogen-bond donors (Lipinski definition) is 1. The molecule has 0 unspecified atom stereocenters. The van der Waals surface area contributed by atoms with Crippen LogP contribution >= 0.6 is 0 Å². The molecule has 0 aliphatic carbocycles. The van der Waals surface area contributed by atoms with Crippen LogP contribution in [0.15, 0.2) is 82.9 Å². The van der Waals surface area contributed by atoms with E-state index in [1.807, 2.05) is 24.3 Å². The van der Waals surface area contributed by atoms with E-state index in [4.69, 9.17) is 0 Å². The van der Waals surface area contributed by atoms with E-state index < -0.39 is 10.0 Å². The van der Waals surface area contributed by atoms with Gasteiger partial charge >= 0.3 is 0 Å². The number of amides is 1. The summed E-state index contributed by atoms with van der Waals surface area (Å²) in [5.74, 6) is -0.00734. The molecular formula is C24H24N4O3S. The number of nitrogens with one attached hydrogen (secondary N) is 1. The van der Waals surface area contributed by atoms with Gasteiger partial charge in [0, 0.05) is 31.0 Å². The van der Waals surface area contributed by atoms with Gasteiger partial charge in [0.15, 0.2) is 0 Å². The summed E-state index contributed by atoms with van der Waals surface area (Å²) in [6, 6.07) is 18.5. The average Bonchev–Trinajstić information content (AvgIpc) is 3.08. The Morgan fingerprint density at radius 1 is 0.969 bits per heavy atom. The van der Waals surface area contributed by atoms with Crippen LogP contribution in [0, 0.1) is 0 Å². The number of carbonyl (C=O) groups excluding carboxylic acids is 1. The van der Waals surface area contributed by atoms with Gasteiger partial charge in [-0.25, -0.2) is 8.42 Å². The van der Waals surface area contributed by atoms with Crippen LogP contribution in [0.4, 0.5) is 0 Å². The molecule has 2 aromatic carbocycles. The molecule has 0 spiro atoms. The van der Waals surface area contributed by atoms with Gasteiger partial charge in [0.05, 0.1) is 4.90 Å². The number of aromatic nitrogens is 1. The van der Waals surface area contributed by atoms with Crippen molar-refractivity contribution in [2.24, 2.45) is 4.99 Å². The smallest absolute Gasteiger partial charge is 0.263 e. The minimum atomic E-state index is -3.64. The lowest BCUT2D eigenvalue weighted by atomic mass is 10.1. The quantitative estimate of drug-likeness (QED) is 0.602. The van der Waals surface area contributed by atoms with E-state index in [0.29, 0.717) is 18.7 Å². The molecule has 0 radical (unpaired) electrons. The highest BCUT2D eigenvalue weighted by molar-refractivity contribution is 7.90. The number of carbonyl (C=O) groups is 1. The SMILES string of the molecule is CCc1ccc(CN(Cc2cccnc2)C(=O)CN=C2NS(=O)(=O)c3ccccc32)cc1. The van der Waals surface area contributed by atoms with E-state index in [1.165, 1.54) is 11.6 Å². The summed E-state index contributed by atoms with van der Waals surface area (Å²) in [4.78, 5) is 23.5. The third-order valence-electron chi connectivity index (χ3n) is 5.29. The molecule has 4 rings (SSSR count). The number of benzene rings is 2. The van der Waals surface area contributed by atoms with Gasteiger partial charge in [-0.05, 0) is 41.3 Å². The maximum absolute atomic E-state index is 13.1. The molecule has 2 heterocycles. The van der Waals surface area contributed by atoms with Crippen molar-refractivity contribution in [2.75, 3.05) is 6.54 Å². The highest BCUT2D eigenvalue weighted by Gasteiger charge is 2.30. The Morgan fingerprint density at radius 2 is 1.69 bits per heavy atom. The lowest BCUT2D eigenvalue weighted by molar-refractivity contribution is -0.130. The number of aryl methyl sites for hydroxylation is 1. The zero-order valence-electron chi connectivity index (χ0n) is 17.7. The van der Waals surface area contributed by atoms with E-state index in [-0.39, 0.29) is 23.2 Å². The van der Waals surface area contributed by atoms with Crippen LogP contribution in [0.1, 0.15) is 29.2 Å². The zero-order valence-corrected chi connectivity index (χ0v) is 18.5. The van der Waals surface area contributed by atoms with Gasteiger partial charge in [0.25, 0.3) is 10.0 Å². The Balaban J connectivity index is 1.55. The summed E-state index contributed by atoms with van der Waals surface area (Å²) >= 11 is 0. The molecule has 1 N–H and O–H groups in total. The number of aliphatic imine (C=N–C) groups is 1. The van der Waals surface area contributed by atoms with Gasteiger partial charge in [-0.15, -0.1) is 0 Å². The Labute approximate surface area is 187 Å². The third-order valence-corrected chi connectivity index (χ3v) is 6.69. The van der Waals surface area contributed by atoms with Crippen molar-refractivity contribution in [3.8, 4) is 0 Å². The summed E-state index contributed by atoms with van der Waals surface area (Å²) in [5.41, 5.74) is 3.64. The number of pyridine rings is 1. The minimum absolute atomic E-state index is 0.167. The standard InChI is InChI=1S/C24H24N4O3S/c1-2-18-9-11-19(12-10-18)16-28(17-20-6-5-13-25-14-20)23(29)15-26-24-21-7-3-4-8-22(21)32(30,31)27-24/h3-14H,2,15-17H2,1H3,(H,26,27). The fourth-order valence-electron chi connectivity index (χ4n) is 3.54. The number of rotatable bonds is 7. The van der Waals surface area contributed by atoms with Gasteiger partial charge in [-0.3, -0.25) is 19.5 Å². The zero-order chi connectivity index (χ0) is 22.6. The topological polar surface area (TPSA) is 91.7 Å². The number of hydrogen-bond acceptors (Lipinski definition) is 5. The second kappa shape index (κ2) is 9.32. The molecule has 7 nitrogen and oxygen atoms in total. The van der Waals surface area contributed by atoms with Crippen LogP contribution in [-0.4, -0.2) is 36.6 Å². The van der Waals surface area contributed by atoms with Crippen molar-refractivity contribution >= 4 is 21.8 Å². The number of nitrogens with zero attached hydrogens (tertiary/aromatic N) is 3. The Bertz CT molecular complexity index is 1240. The van der Waals surface area contributed by atoms with Crippen LogP contribution in [-0.2, 0) is 34.3 Å². The molecule has 0 bridgehead atoms. The molecule has 1 amide bonds. The lowest BCUT2D eigenvalue weighted by Crippen LogP contribution is -2.33. The molecule has 32 heavy (non-hydrogen) atoms. The largest absolute Gasteiger partial charge is 0.332 e. The van der Waals surface area contributed by atoms with E-state index in [1.54, 1.807) is 35.5 Å². The predicted octanol–water partition coefficient (Wildman–Crippen LogP) is 2.91. The van der Waals surface area contributed by atoms with Gasteiger partial charge in [0.1, 0.15) is 12.4 Å². The molecular weight excluding hydrogens is 424 g/mol. The van der Waals surface area contributed by atoms with E-state index >= 15 is 0 Å². The van der Waals surface area contributed by atoms with Gasteiger partial charge in [0.2, 0.25) is 5.91 Å². The van der Waals surface area contributed by atoms with E-state index in [2.05, 4.69) is 33.8 Å². The van der Waals surface area contributed by atoms with Crippen molar-refractivity contribution in [1.29, 1.82) is 0 Å². The third kappa shape index (κ3) is 4.86.